The van der Waals surface area contributed by atoms with Crippen molar-refractivity contribution in [1.82, 2.24) is 20.5 Å². The summed E-state index contributed by atoms with van der Waals surface area (Å²) in [5, 5.41) is 15.9. The molecule has 1 spiro atoms. The Morgan fingerprint density at radius 3 is 2.59 bits per heavy atom. The molecular weight excluding hydrogens is 673 g/mol. The van der Waals surface area contributed by atoms with Crippen LogP contribution in [-0.2, 0) is 31.7 Å². The number of carbonyl (C=O) groups excluding carboxylic acids is 3. The van der Waals surface area contributed by atoms with E-state index in [0.717, 1.165) is 6.42 Å². The summed E-state index contributed by atoms with van der Waals surface area (Å²) >= 11 is 0. The topological polar surface area (TPSA) is 156 Å². The Kier molecular flexibility index (Phi) is 9.38. The lowest BCUT2D eigenvalue weighted by Gasteiger charge is -2.37. The molecule has 3 N–H and O–H groups in total. The van der Waals surface area contributed by atoms with Crippen molar-refractivity contribution in [2.75, 3.05) is 13.7 Å². The number of alkyl carbamates (subject to hydrolysis) is 1. The second-order valence-electron chi connectivity index (χ2n) is 15.0. The number of benzene rings is 1. The number of pyridine rings is 1. The molecule has 276 valence electrons. The van der Waals surface area contributed by atoms with E-state index in [9.17, 15) is 37.5 Å². The van der Waals surface area contributed by atoms with Crippen molar-refractivity contribution in [2.45, 2.75) is 114 Å². The fourth-order valence-electron chi connectivity index (χ4n) is 7.48. The molecule has 1 aromatic heterocycles. The average molecular weight is 717 g/mol. The number of aliphatic carboxylic acids is 1. The zero-order chi connectivity index (χ0) is 36.9. The fraction of sp³-hybridized carbons (Fsp3) is 0.583. The summed E-state index contributed by atoms with van der Waals surface area (Å²) in [6.07, 6.45) is 0.999. The van der Waals surface area contributed by atoms with Crippen molar-refractivity contribution in [3.05, 3.63) is 41.6 Å². The van der Waals surface area contributed by atoms with E-state index in [1.807, 2.05) is 6.08 Å². The summed E-state index contributed by atoms with van der Waals surface area (Å²) in [7, 11) is 1.44. The summed E-state index contributed by atoms with van der Waals surface area (Å²) in [5.41, 5.74) is -4.75. The number of carbonyl (C=O) groups is 4. The van der Waals surface area contributed by atoms with Crippen molar-refractivity contribution in [2.24, 2.45) is 5.92 Å². The van der Waals surface area contributed by atoms with Crippen molar-refractivity contribution in [1.29, 1.82) is 0 Å². The minimum Gasteiger partial charge on any atom is -0.497 e. The van der Waals surface area contributed by atoms with E-state index in [-0.39, 0.29) is 49.7 Å². The third-order valence-corrected chi connectivity index (χ3v) is 10.1. The second-order valence-corrected chi connectivity index (χ2v) is 15.0. The molecule has 1 saturated carbocycles. The van der Waals surface area contributed by atoms with Gasteiger partial charge in [0, 0.05) is 23.3 Å². The number of hydrogen-bond acceptors (Lipinski definition) is 8. The molecule has 0 bridgehead atoms. The second kappa shape index (κ2) is 13.2. The lowest BCUT2D eigenvalue weighted by molar-refractivity contribution is -0.146. The number of nitrogens with zero attached hydrogens (tertiary/aromatic N) is 2. The Morgan fingerprint density at radius 2 is 1.90 bits per heavy atom. The first-order valence-corrected chi connectivity index (χ1v) is 17.2. The molecule has 0 radical (unpaired) electrons. The van der Waals surface area contributed by atoms with E-state index in [0.29, 0.717) is 30.4 Å². The van der Waals surface area contributed by atoms with Gasteiger partial charge in [-0.15, -0.1) is 0 Å². The number of ether oxygens (including phenoxy) is 3. The van der Waals surface area contributed by atoms with Crippen LogP contribution >= 0.6 is 0 Å². The van der Waals surface area contributed by atoms with Crippen LogP contribution in [0.15, 0.2) is 30.4 Å². The lowest BCUT2D eigenvalue weighted by Crippen LogP contribution is -2.56. The zero-order valence-corrected chi connectivity index (χ0v) is 29.0. The number of methoxy groups -OCH3 is 1. The highest BCUT2D eigenvalue weighted by Crippen LogP contribution is 2.50. The standard InChI is InChI=1S/C36H43F3N4O8/c1-33(2,3)51-32(48)41-25-11-9-7-5-6-8-10-20-17-35(20,31(46)47)42-29(44)26-18-34(19-43(26)30(25)45)15-14-22-23-16-21(49-4)12-13-24(23)40-28(27(22)50-34)36(37,38)39/h8,10,12-13,16,20,25-26H,5-7,9,11,14-15,17-19H2,1-4H3,(H,41,48)(H,42,44)(H,46,47)/t20-,25+,26+,34-,35-/m1/s1. The molecule has 3 aliphatic heterocycles. The SMILES string of the molecule is COc1ccc2nc(C(F)(F)F)c3c(c2c1)CC[C@]1(C[C@H]2C(=O)N[C@]4(C(=O)O)C[C@H]4C=CCCCCC[C@H](NC(=O)OC(C)(C)C)C(=O)N2C1)O3. The number of nitrogens with one attached hydrogen (secondary N) is 2. The molecule has 1 aromatic carbocycles. The van der Waals surface area contributed by atoms with E-state index in [2.05, 4.69) is 15.6 Å². The van der Waals surface area contributed by atoms with Crippen LogP contribution in [0.5, 0.6) is 11.5 Å². The molecule has 2 aromatic rings. The maximum absolute atomic E-state index is 14.6. The number of amides is 3. The maximum atomic E-state index is 14.6. The number of halogens is 3. The van der Waals surface area contributed by atoms with Gasteiger partial charge in [-0.1, -0.05) is 25.0 Å². The molecule has 6 rings (SSSR count). The summed E-state index contributed by atoms with van der Waals surface area (Å²) in [6, 6.07) is 2.12. The Balaban J connectivity index is 1.40. The van der Waals surface area contributed by atoms with E-state index in [1.54, 1.807) is 32.9 Å². The number of rotatable bonds is 3. The molecule has 4 aliphatic rings. The highest BCUT2D eigenvalue weighted by Gasteiger charge is 2.62. The van der Waals surface area contributed by atoms with Crippen LogP contribution in [-0.4, -0.2) is 81.3 Å². The van der Waals surface area contributed by atoms with Crippen molar-refractivity contribution in [3.8, 4) is 11.5 Å². The van der Waals surface area contributed by atoms with Gasteiger partial charge in [-0.05, 0) is 77.5 Å². The number of carboxylic acid groups (broad SMARTS) is 1. The molecule has 0 unspecified atom stereocenters. The average Bonchev–Trinajstić information content (AvgIpc) is 3.63. The summed E-state index contributed by atoms with van der Waals surface area (Å²) in [6.45, 7) is 4.74. The van der Waals surface area contributed by atoms with E-state index >= 15 is 0 Å². The number of alkyl halides is 3. The van der Waals surface area contributed by atoms with Crippen LogP contribution in [0.1, 0.15) is 83.4 Å². The monoisotopic (exact) mass is 716 g/mol. The largest absolute Gasteiger partial charge is 0.497 e. The van der Waals surface area contributed by atoms with Crippen molar-refractivity contribution >= 4 is 34.8 Å². The molecule has 2 fully saturated rings. The van der Waals surface area contributed by atoms with Gasteiger partial charge in [0.1, 0.15) is 34.6 Å². The van der Waals surface area contributed by atoms with Gasteiger partial charge in [-0.3, -0.25) is 9.59 Å². The molecular formula is C36H43F3N4O8. The Morgan fingerprint density at radius 1 is 1.14 bits per heavy atom. The van der Waals surface area contributed by atoms with Gasteiger partial charge in [0.15, 0.2) is 11.4 Å². The van der Waals surface area contributed by atoms with Gasteiger partial charge < -0.3 is 34.9 Å². The Labute approximate surface area is 293 Å². The van der Waals surface area contributed by atoms with Crippen LogP contribution in [0.2, 0.25) is 0 Å². The van der Waals surface area contributed by atoms with Crippen LogP contribution in [0, 0.1) is 5.92 Å². The van der Waals surface area contributed by atoms with Gasteiger partial charge in [0.2, 0.25) is 11.8 Å². The quantitative estimate of drug-likeness (QED) is 0.359. The lowest BCUT2D eigenvalue weighted by atomic mass is 9.87. The fourth-order valence-corrected chi connectivity index (χ4v) is 7.48. The van der Waals surface area contributed by atoms with E-state index in [1.165, 1.54) is 24.1 Å². The number of carboxylic acids is 1. The summed E-state index contributed by atoms with van der Waals surface area (Å²) in [5.74, 6) is -3.16. The molecule has 4 heterocycles. The van der Waals surface area contributed by atoms with E-state index in [4.69, 9.17) is 14.2 Å². The number of hydrogen-bond donors (Lipinski definition) is 3. The molecule has 51 heavy (non-hydrogen) atoms. The maximum Gasteiger partial charge on any atom is 0.437 e. The molecule has 5 atom stereocenters. The van der Waals surface area contributed by atoms with Gasteiger partial charge in [0.25, 0.3) is 0 Å². The first kappa shape index (κ1) is 36.2. The Hall–Kier alpha value is -4.56. The van der Waals surface area contributed by atoms with Gasteiger partial charge in [-0.25, -0.2) is 14.6 Å². The normalized spacial score (nSPS) is 28.4. The number of allylic oxidation sites excluding steroid dienone is 1. The third-order valence-electron chi connectivity index (χ3n) is 10.1. The highest BCUT2D eigenvalue weighted by atomic mass is 19.4. The van der Waals surface area contributed by atoms with E-state index < -0.39 is 76.2 Å². The first-order valence-electron chi connectivity index (χ1n) is 17.2. The minimum atomic E-state index is -4.89. The van der Waals surface area contributed by atoms with Crippen LogP contribution in [0.3, 0.4) is 0 Å². The summed E-state index contributed by atoms with van der Waals surface area (Å²) < 4.78 is 60.7. The first-order chi connectivity index (χ1) is 23.9. The van der Waals surface area contributed by atoms with Crippen LogP contribution in [0.4, 0.5) is 18.0 Å². The summed E-state index contributed by atoms with van der Waals surface area (Å²) in [4.78, 5) is 59.1. The molecule has 1 saturated heterocycles. The van der Waals surface area contributed by atoms with Gasteiger partial charge in [-0.2, -0.15) is 13.2 Å². The van der Waals surface area contributed by atoms with Gasteiger partial charge >= 0.3 is 18.2 Å². The molecule has 15 heteroatoms. The molecule has 12 nitrogen and oxygen atoms in total. The Bertz CT molecular complexity index is 1780. The van der Waals surface area contributed by atoms with Crippen LogP contribution < -0.4 is 20.1 Å². The smallest absolute Gasteiger partial charge is 0.437 e. The predicted molar refractivity (Wildman–Crippen MR) is 177 cm³/mol. The van der Waals surface area contributed by atoms with Crippen molar-refractivity contribution in [3.63, 3.8) is 0 Å². The van der Waals surface area contributed by atoms with Gasteiger partial charge in [0.05, 0.1) is 19.2 Å². The zero-order valence-electron chi connectivity index (χ0n) is 29.0. The molecule has 3 amide bonds. The number of fused-ring (bicyclic) bond motifs is 5. The molecule has 1 aliphatic carbocycles. The predicted octanol–water partition coefficient (Wildman–Crippen LogP) is 5.30. The third kappa shape index (κ3) is 7.29. The van der Waals surface area contributed by atoms with Crippen molar-refractivity contribution < 1.29 is 51.7 Å². The van der Waals surface area contributed by atoms with Crippen LogP contribution in [0.25, 0.3) is 10.9 Å². The minimum absolute atomic E-state index is 0.104. The number of aromatic nitrogens is 1. The number of aryl methyl sites for hydroxylation is 1. The highest BCUT2D eigenvalue weighted by molar-refractivity contribution is 5.96.